The Balaban J connectivity index is 2.79. The fourth-order valence-electron chi connectivity index (χ4n) is 1.07. The average Bonchev–Trinajstić information content (AvgIpc) is 2.19. The van der Waals surface area contributed by atoms with Crippen molar-refractivity contribution in [1.29, 1.82) is 0 Å². The zero-order valence-electron chi connectivity index (χ0n) is 8.63. The van der Waals surface area contributed by atoms with Gasteiger partial charge in [-0.05, 0) is 18.6 Å². The Kier molecular flexibility index (Phi) is 4.62. The zero-order valence-corrected chi connectivity index (χ0v) is 9.38. The predicted molar refractivity (Wildman–Crippen MR) is 60.7 cm³/mol. The number of halogens is 1. The lowest BCUT2D eigenvalue weighted by Crippen LogP contribution is -2.02. The fraction of sp³-hybridized carbons (Fsp3) is 0.273. The van der Waals surface area contributed by atoms with Crippen LogP contribution in [0, 0.1) is 0 Å². The predicted octanol–water partition coefficient (Wildman–Crippen LogP) is 2.69. The molecule has 1 rings (SSSR count). The minimum absolute atomic E-state index is 0.267. The summed E-state index contributed by atoms with van der Waals surface area (Å²) in [5.74, 6) is 5.61. The van der Waals surface area contributed by atoms with Crippen LogP contribution >= 0.6 is 11.6 Å². The van der Waals surface area contributed by atoms with E-state index in [2.05, 4.69) is 11.4 Å². The summed E-state index contributed by atoms with van der Waals surface area (Å²) in [5.41, 5.74) is 1.74. The molecule has 0 aliphatic carbocycles. The Bertz CT molecular complexity index is 352. The van der Waals surface area contributed by atoms with Crippen LogP contribution in [-0.4, -0.2) is 6.61 Å². The molecule has 82 valence electrons. The van der Waals surface area contributed by atoms with Crippen molar-refractivity contribution in [2.75, 3.05) is 6.61 Å². The van der Waals surface area contributed by atoms with Gasteiger partial charge in [0.25, 0.3) is 0 Å². The topological polar surface area (TPSA) is 44.5 Å². The molecule has 0 aromatic heterocycles. The van der Waals surface area contributed by atoms with Gasteiger partial charge in [-0.25, -0.2) is 5.90 Å². The Labute approximate surface area is 94.4 Å². The minimum Gasteiger partial charge on any atom is -0.488 e. The maximum Gasteiger partial charge on any atom is 0.138 e. The van der Waals surface area contributed by atoms with E-state index in [1.54, 1.807) is 6.07 Å². The third-order valence-electron chi connectivity index (χ3n) is 1.76. The van der Waals surface area contributed by atoms with Crippen LogP contribution in [0.4, 0.5) is 0 Å². The van der Waals surface area contributed by atoms with Gasteiger partial charge >= 0.3 is 0 Å². The Hall–Kier alpha value is -1.03. The van der Waals surface area contributed by atoms with Gasteiger partial charge in [0.2, 0.25) is 0 Å². The molecular formula is C11H14ClNO2. The van der Waals surface area contributed by atoms with Crippen LogP contribution in [0.3, 0.4) is 0 Å². The molecule has 0 saturated carbocycles. The maximum atomic E-state index is 6.08. The van der Waals surface area contributed by atoms with Crippen LogP contribution < -0.4 is 10.6 Å². The van der Waals surface area contributed by atoms with Crippen LogP contribution in [0.25, 0.3) is 0 Å². The third-order valence-corrected chi connectivity index (χ3v) is 2.19. The highest BCUT2D eigenvalue weighted by atomic mass is 35.5. The largest absolute Gasteiger partial charge is 0.488 e. The molecule has 0 atom stereocenters. The molecule has 2 N–H and O–H groups in total. The summed E-state index contributed by atoms with van der Waals surface area (Å²) >= 11 is 6.08. The number of hydrogen-bond donors (Lipinski definition) is 1. The summed E-state index contributed by atoms with van der Waals surface area (Å²) < 4.78 is 5.46. The molecule has 0 heterocycles. The Morgan fingerprint density at radius 1 is 1.53 bits per heavy atom. The molecule has 0 bridgehead atoms. The number of benzene rings is 1. The summed E-state index contributed by atoms with van der Waals surface area (Å²) in [4.78, 5) is 4.53. The second kappa shape index (κ2) is 5.75. The number of rotatable bonds is 5. The van der Waals surface area contributed by atoms with Gasteiger partial charge in [-0.2, -0.15) is 0 Å². The molecule has 0 aliphatic heterocycles. The van der Waals surface area contributed by atoms with Crippen LogP contribution in [0.1, 0.15) is 12.5 Å². The van der Waals surface area contributed by atoms with Gasteiger partial charge in [0.15, 0.2) is 0 Å². The first-order valence-corrected chi connectivity index (χ1v) is 4.89. The van der Waals surface area contributed by atoms with E-state index >= 15 is 0 Å². The van der Waals surface area contributed by atoms with Crippen LogP contribution in [0.15, 0.2) is 30.4 Å². The van der Waals surface area contributed by atoms with Crippen molar-refractivity contribution in [1.82, 2.24) is 0 Å². The number of ether oxygens (including phenoxy) is 1. The van der Waals surface area contributed by atoms with Crippen LogP contribution in [-0.2, 0) is 11.4 Å². The van der Waals surface area contributed by atoms with Crippen molar-refractivity contribution in [3.05, 3.63) is 40.9 Å². The zero-order chi connectivity index (χ0) is 11.3. The maximum absolute atomic E-state index is 6.08. The van der Waals surface area contributed by atoms with Gasteiger partial charge in [-0.15, -0.1) is 0 Å². The summed E-state index contributed by atoms with van der Waals surface area (Å²) in [6.07, 6.45) is 0. The van der Waals surface area contributed by atoms with Crippen LogP contribution in [0.2, 0.25) is 5.02 Å². The van der Waals surface area contributed by atoms with Gasteiger partial charge in [0.05, 0.1) is 11.6 Å². The molecule has 4 heteroatoms. The first kappa shape index (κ1) is 12.0. The van der Waals surface area contributed by atoms with Crippen molar-refractivity contribution in [3.8, 4) is 5.75 Å². The molecule has 3 nitrogen and oxygen atoms in total. The number of hydrogen-bond acceptors (Lipinski definition) is 3. The fourth-order valence-corrected chi connectivity index (χ4v) is 1.31. The molecule has 0 saturated heterocycles. The highest BCUT2D eigenvalue weighted by molar-refractivity contribution is 6.32. The van der Waals surface area contributed by atoms with Crippen LogP contribution in [0.5, 0.6) is 5.75 Å². The summed E-state index contributed by atoms with van der Waals surface area (Å²) in [6.45, 7) is 6.35. The van der Waals surface area contributed by atoms with E-state index in [1.807, 2.05) is 19.1 Å². The van der Waals surface area contributed by atoms with Gasteiger partial charge in [-0.3, -0.25) is 4.84 Å². The Morgan fingerprint density at radius 3 is 2.87 bits per heavy atom. The molecule has 0 aliphatic rings. The smallest absolute Gasteiger partial charge is 0.138 e. The lowest BCUT2D eigenvalue weighted by atomic mass is 10.2. The SMILES string of the molecule is C=C(C)COc1cccc(CON)c1Cl. The third kappa shape index (κ3) is 3.55. The molecule has 0 fully saturated rings. The van der Waals surface area contributed by atoms with E-state index < -0.39 is 0 Å². The summed E-state index contributed by atoms with van der Waals surface area (Å²) in [7, 11) is 0. The second-order valence-electron chi connectivity index (χ2n) is 3.29. The molecule has 0 spiro atoms. The van der Waals surface area contributed by atoms with E-state index in [1.165, 1.54) is 0 Å². The van der Waals surface area contributed by atoms with Crippen molar-refractivity contribution < 1.29 is 9.57 Å². The molecule has 1 aromatic rings. The molecule has 0 unspecified atom stereocenters. The molecule has 0 amide bonds. The van der Waals surface area contributed by atoms with Gasteiger partial charge < -0.3 is 4.74 Å². The van der Waals surface area contributed by atoms with E-state index in [9.17, 15) is 0 Å². The summed E-state index contributed by atoms with van der Waals surface area (Å²) in [5, 5.41) is 0.532. The van der Waals surface area contributed by atoms with Crippen molar-refractivity contribution in [3.63, 3.8) is 0 Å². The lowest BCUT2D eigenvalue weighted by Gasteiger charge is -2.10. The lowest BCUT2D eigenvalue weighted by molar-refractivity contribution is 0.124. The first-order valence-electron chi connectivity index (χ1n) is 4.51. The van der Waals surface area contributed by atoms with Gasteiger partial charge in [-0.1, -0.05) is 30.3 Å². The van der Waals surface area contributed by atoms with Gasteiger partial charge in [0, 0.05) is 5.56 Å². The normalized spacial score (nSPS) is 10.1. The minimum atomic E-state index is 0.267. The quantitative estimate of drug-likeness (QED) is 0.621. The number of nitrogens with two attached hydrogens (primary N) is 1. The van der Waals surface area contributed by atoms with Gasteiger partial charge in [0.1, 0.15) is 12.4 Å². The first-order chi connectivity index (χ1) is 7.15. The Morgan fingerprint density at radius 2 is 2.27 bits per heavy atom. The van der Waals surface area contributed by atoms with Crippen molar-refractivity contribution in [2.45, 2.75) is 13.5 Å². The monoisotopic (exact) mass is 227 g/mol. The van der Waals surface area contributed by atoms with Crippen molar-refractivity contribution in [2.24, 2.45) is 5.90 Å². The standard InChI is InChI=1S/C11H14ClNO2/c1-8(2)6-14-10-5-3-4-9(7-15-13)11(10)12/h3-5H,1,6-7,13H2,2H3. The van der Waals surface area contributed by atoms with E-state index in [0.717, 1.165) is 11.1 Å². The van der Waals surface area contributed by atoms with E-state index in [0.29, 0.717) is 17.4 Å². The van der Waals surface area contributed by atoms with E-state index in [4.69, 9.17) is 22.2 Å². The molecule has 0 radical (unpaired) electrons. The second-order valence-corrected chi connectivity index (χ2v) is 3.66. The highest BCUT2D eigenvalue weighted by Crippen LogP contribution is 2.28. The molecule has 15 heavy (non-hydrogen) atoms. The summed E-state index contributed by atoms with van der Waals surface area (Å²) in [6, 6.07) is 5.47. The molecular weight excluding hydrogens is 214 g/mol. The average molecular weight is 228 g/mol. The van der Waals surface area contributed by atoms with Crippen molar-refractivity contribution >= 4 is 11.6 Å². The van der Waals surface area contributed by atoms with E-state index in [-0.39, 0.29) is 6.61 Å². The molecule has 1 aromatic carbocycles. The highest BCUT2D eigenvalue weighted by Gasteiger charge is 2.06.